The summed E-state index contributed by atoms with van der Waals surface area (Å²) in [4.78, 5) is 34.1. The average Bonchev–Trinajstić information content (AvgIpc) is 2.60. The average molecular weight is 356 g/mol. The number of nitrogens with one attached hydrogen (secondary N) is 1. The van der Waals surface area contributed by atoms with E-state index in [9.17, 15) is 19.7 Å². The van der Waals surface area contributed by atoms with E-state index in [0.29, 0.717) is 29.0 Å². The molecule has 0 heterocycles. The number of ketones is 1. The molecular formula is C19H20N2O5. The van der Waals surface area contributed by atoms with E-state index in [1.807, 2.05) is 6.92 Å². The van der Waals surface area contributed by atoms with Gasteiger partial charge in [-0.05, 0) is 49.7 Å². The molecule has 2 aromatic carbocycles. The lowest BCUT2D eigenvalue weighted by Crippen LogP contribution is -2.13. The summed E-state index contributed by atoms with van der Waals surface area (Å²) in [5.41, 5.74) is 1.56. The molecule has 7 nitrogen and oxygen atoms in total. The Morgan fingerprint density at radius 2 is 1.85 bits per heavy atom. The van der Waals surface area contributed by atoms with Crippen LogP contribution in [0.25, 0.3) is 0 Å². The van der Waals surface area contributed by atoms with Crippen molar-refractivity contribution < 1.29 is 19.2 Å². The first kappa shape index (κ1) is 19.1. The third kappa shape index (κ3) is 5.14. The van der Waals surface area contributed by atoms with Gasteiger partial charge in [0.15, 0.2) is 12.4 Å². The Bertz CT molecular complexity index is 815. The molecule has 0 unspecified atom stereocenters. The topological polar surface area (TPSA) is 98.5 Å². The number of ether oxygens (including phenoxy) is 1. The molecule has 0 spiro atoms. The third-order valence-electron chi connectivity index (χ3n) is 3.70. The van der Waals surface area contributed by atoms with Gasteiger partial charge in [-0.1, -0.05) is 6.92 Å². The second-order valence-electron chi connectivity index (χ2n) is 5.79. The van der Waals surface area contributed by atoms with Gasteiger partial charge in [0.05, 0.1) is 4.92 Å². The predicted octanol–water partition coefficient (Wildman–Crippen LogP) is 3.90. The zero-order chi connectivity index (χ0) is 19.1. The van der Waals surface area contributed by atoms with Gasteiger partial charge in [-0.15, -0.1) is 0 Å². The molecule has 2 rings (SSSR count). The number of benzene rings is 2. The summed E-state index contributed by atoms with van der Waals surface area (Å²) in [6.45, 7) is 3.35. The second kappa shape index (κ2) is 8.75. The van der Waals surface area contributed by atoms with Crippen molar-refractivity contribution in [3.63, 3.8) is 0 Å². The number of amides is 1. The van der Waals surface area contributed by atoms with Crippen LogP contribution < -0.4 is 10.1 Å². The number of hydrogen-bond acceptors (Lipinski definition) is 5. The van der Waals surface area contributed by atoms with Crippen LogP contribution in [0, 0.1) is 17.0 Å². The SMILES string of the molecule is CCCC(=O)Nc1ccc(C(=O)COc2ccc([N+](=O)[O-])c(C)c2)cc1. The van der Waals surface area contributed by atoms with Gasteiger partial charge in [0.2, 0.25) is 5.91 Å². The van der Waals surface area contributed by atoms with Crippen LogP contribution in [0.1, 0.15) is 35.7 Å². The lowest BCUT2D eigenvalue weighted by Gasteiger charge is -2.08. The Kier molecular flexibility index (Phi) is 6.43. The standard InChI is InChI=1S/C19H20N2O5/c1-3-4-19(23)20-15-7-5-14(6-8-15)18(22)12-26-16-9-10-17(21(24)25)13(2)11-16/h5-11H,3-4,12H2,1-2H3,(H,20,23). The molecule has 0 aromatic heterocycles. The van der Waals surface area contributed by atoms with Crippen molar-refractivity contribution >= 4 is 23.1 Å². The summed E-state index contributed by atoms with van der Waals surface area (Å²) in [5.74, 6) is 0.0980. The number of Topliss-reactive ketones (excluding diaryl/α,β-unsaturated/α-hetero) is 1. The van der Waals surface area contributed by atoms with E-state index >= 15 is 0 Å². The van der Waals surface area contributed by atoms with Crippen molar-refractivity contribution in [3.8, 4) is 5.75 Å². The van der Waals surface area contributed by atoms with Gasteiger partial charge < -0.3 is 10.1 Å². The van der Waals surface area contributed by atoms with Crippen LogP contribution >= 0.6 is 0 Å². The number of hydrogen-bond donors (Lipinski definition) is 1. The maximum atomic E-state index is 12.2. The minimum Gasteiger partial charge on any atom is -0.485 e. The number of anilines is 1. The van der Waals surface area contributed by atoms with E-state index in [-0.39, 0.29) is 24.0 Å². The molecule has 0 aliphatic heterocycles. The van der Waals surface area contributed by atoms with Gasteiger partial charge in [0.25, 0.3) is 5.69 Å². The highest BCUT2D eigenvalue weighted by molar-refractivity contribution is 5.98. The van der Waals surface area contributed by atoms with E-state index < -0.39 is 4.92 Å². The van der Waals surface area contributed by atoms with Crippen LogP contribution in [-0.4, -0.2) is 23.2 Å². The molecular weight excluding hydrogens is 336 g/mol. The largest absolute Gasteiger partial charge is 0.485 e. The molecule has 26 heavy (non-hydrogen) atoms. The smallest absolute Gasteiger partial charge is 0.272 e. The van der Waals surface area contributed by atoms with Crippen LogP contribution in [0.3, 0.4) is 0 Å². The van der Waals surface area contributed by atoms with Gasteiger partial charge in [-0.2, -0.15) is 0 Å². The van der Waals surface area contributed by atoms with E-state index in [1.165, 1.54) is 18.2 Å². The highest BCUT2D eigenvalue weighted by atomic mass is 16.6. The fourth-order valence-corrected chi connectivity index (χ4v) is 2.34. The summed E-state index contributed by atoms with van der Waals surface area (Å²) in [6, 6.07) is 10.9. The Morgan fingerprint density at radius 3 is 2.42 bits per heavy atom. The maximum Gasteiger partial charge on any atom is 0.272 e. The molecule has 136 valence electrons. The molecule has 0 bridgehead atoms. The van der Waals surface area contributed by atoms with Crippen molar-refractivity contribution in [1.82, 2.24) is 0 Å². The van der Waals surface area contributed by atoms with Gasteiger partial charge in [-0.3, -0.25) is 19.7 Å². The van der Waals surface area contributed by atoms with Crippen molar-refractivity contribution in [2.45, 2.75) is 26.7 Å². The molecule has 1 amide bonds. The molecule has 0 fully saturated rings. The van der Waals surface area contributed by atoms with Crippen LogP contribution in [0.4, 0.5) is 11.4 Å². The maximum absolute atomic E-state index is 12.2. The van der Waals surface area contributed by atoms with E-state index in [2.05, 4.69) is 5.32 Å². The zero-order valence-electron chi connectivity index (χ0n) is 14.7. The number of nitro groups is 1. The number of carbonyl (C=O) groups excluding carboxylic acids is 2. The first-order valence-corrected chi connectivity index (χ1v) is 8.21. The number of nitro benzene ring substituents is 1. The molecule has 1 N–H and O–H groups in total. The monoisotopic (exact) mass is 356 g/mol. The molecule has 7 heteroatoms. The number of nitrogens with zero attached hydrogens (tertiary/aromatic N) is 1. The fourth-order valence-electron chi connectivity index (χ4n) is 2.34. The number of rotatable bonds is 8. The van der Waals surface area contributed by atoms with E-state index in [4.69, 9.17) is 4.74 Å². The Morgan fingerprint density at radius 1 is 1.15 bits per heavy atom. The molecule has 0 aliphatic rings. The van der Waals surface area contributed by atoms with Crippen LogP contribution in [-0.2, 0) is 4.79 Å². The lowest BCUT2D eigenvalue weighted by atomic mass is 10.1. The van der Waals surface area contributed by atoms with Crippen LogP contribution in [0.5, 0.6) is 5.75 Å². The fraction of sp³-hybridized carbons (Fsp3) is 0.263. The minimum absolute atomic E-state index is 0.00406. The first-order valence-electron chi connectivity index (χ1n) is 8.21. The summed E-state index contributed by atoms with van der Waals surface area (Å²) >= 11 is 0. The lowest BCUT2D eigenvalue weighted by molar-refractivity contribution is -0.385. The molecule has 0 saturated heterocycles. The number of aryl methyl sites for hydroxylation is 1. The minimum atomic E-state index is -0.467. The highest BCUT2D eigenvalue weighted by Crippen LogP contribution is 2.23. The quantitative estimate of drug-likeness (QED) is 0.439. The summed E-state index contributed by atoms with van der Waals surface area (Å²) in [7, 11) is 0. The van der Waals surface area contributed by atoms with Crippen molar-refractivity contribution in [2.24, 2.45) is 0 Å². The van der Waals surface area contributed by atoms with Gasteiger partial charge in [-0.25, -0.2) is 0 Å². The van der Waals surface area contributed by atoms with E-state index in [0.717, 1.165) is 6.42 Å². The van der Waals surface area contributed by atoms with Gasteiger partial charge in [0, 0.05) is 29.3 Å². The van der Waals surface area contributed by atoms with Gasteiger partial charge >= 0.3 is 0 Å². The summed E-state index contributed by atoms with van der Waals surface area (Å²) in [5, 5.41) is 13.6. The molecule has 0 radical (unpaired) electrons. The molecule has 0 saturated carbocycles. The molecule has 0 atom stereocenters. The summed E-state index contributed by atoms with van der Waals surface area (Å²) < 4.78 is 5.42. The Hall–Kier alpha value is -3.22. The highest BCUT2D eigenvalue weighted by Gasteiger charge is 2.12. The second-order valence-corrected chi connectivity index (χ2v) is 5.79. The molecule has 0 aliphatic carbocycles. The van der Waals surface area contributed by atoms with Crippen molar-refractivity contribution in [3.05, 3.63) is 63.7 Å². The summed E-state index contributed by atoms with van der Waals surface area (Å²) in [6.07, 6.45) is 1.21. The van der Waals surface area contributed by atoms with Crippen molar-refractivity contribution in [1.29, 1.82) is 0 Å². The molecule has 2 aromatic rings. The van der Waals surface area contributed by atoms with Crippen molar-refractivity contribution in [2.75, 3.05) is 11.9 Å². The third-order valence-corrected chi connectivity index (χ3v) is 3.70. The van der Waals surface area contributed by atoms with Crippen LogP contribution in [0.2, 0.25) is 0 Å². The normalized spacial score (nSPS) is 10.2. The number of carbonyl (C=O) groups is 2. The van der Waals surface area contributed by atoms with Gasteiger partial charge in [0.1, 0.15) is 5.75 Å². The zero-order valence-corrected chi connectivity index (χ0v) is 14.7. The Labute approximate surface area is 151 Å². The first-order chi connectivity index (χ1) is 12.4. The van der Waals surface area contributed by atoms with Crippen LogP contribution in [0.15, 0.2) is 42.5 Å². The predicted molar refractivity (Wildman–Crippen MR) is 97.6 cm³/mol. The van der Waals surface area contributed by atoms with E-state index in [1.54, 1.807) is 31.2 Å². The Balaban J connectivity index is 1.94.